The van der Waals surface area contributed by atoms with Crippen molar-refractivity contribution in [1.82, 2.24) is 15.1 Å². The normalized spacial score (nSPS) is 12.4. The Morgan fingerprint density at radius 2 is 2.21 bits per heavy atom. The zero-order chi connectivity index (χ0) is 13.8. The van der Waals surface area contributed by atoms with Crippen molar-refractivity contribution >= 4 is 6.20 Å². The summed E-state index contributed by atoms with van der Waals surface area (Å²) in [4.78, 5) is 0. The van der Waals surface area contributed by atoms with E-state index < -0.39 is 0 Å². The van der Waals surface area contributed by atoms with Crippen LogP contribution in [0.4, 0.5) is 0 Å². The summed E-state index contributed by atoms with van der Waals surface area (Å²) in [6, 6.07) is 6.92. The van der Waals surface area contributed by atoms with Crippen LogP contribution in [0.2, 0.25) is 0 Å². The van der Waals surface area contributed by atoms with Crippen LogP contribution in [-0.2, 0) is 6.54 Å². The molecule has 0 fully saturated rings. The molecule has 0 radical (unpaired) electrons. The van der Waals surface area contributed by atoms with Gasteiger partial charge in [0.2, 0.25) is 0 Å². The number of benzene rings is 1. The maximum atomic E-state index is 4.17. The number of aryl methyl sites for hydroxylation is 2. The van der Waals surface area contributed by atoms with Gasteiger partial charge in [0.15, 0.2) is 0 Å². The lowest BCUT2D eigenvalue weighted by atomic mass is 10.0. The van der Waals surface area contributed by atoms with Crippen molar-refractivity contribution in [1.29, 1.82) is 0 Å². The van der Waals surface area contributed by atoms with Crippen LogP contribution in [0.5, 0.6) is 0 Å². The molecule has 1 aromatic heterocycles. The molecule has 1 atom stereocenters. The minimum absolute atomic E-state index is 0.327. The molecule has 2 rings (SSSR count). The van der Waals surface area contributed by atoms with Crippen LogP contribution in [0.25, 0.3) is 6.20 Å². The molecule has 0 saturated heterocycles. The van der Waals surface area contributed by atoms with Gasteiger partial charge >= 0.3 is 0 Å². The number of nitrogens with one attached hydrogen (secondary N) is 1. The van der Waals surface area contributed by atoms with E-state index in [1.54, 1.807) is 10.9 Å². The standard InChI is InChI=1S/C16H21N3/c1-5-19-11-15(10-18-19)9-17-14(4)16-7-6-12(2)8-13(16)3/h5-8,10-11,14,17H,1,9H2,2-4H3. The number of hydrogen-bond donors (Lipinski definition) is 1. The molecule has 1 unspecified atom stereocenters. The summed E-state index contributed by atoms with van der Waals surface area (Å²) in [7, 11) is 0. The molecule has 3 nitrogen and oxygen atoms in total. The Balaban J connectivity index is 2.00. The Labute approximate surface area is 115 Å². The van der Waals surface area contributed by atoms with Crippen molar-refractivity contribution in [2.24, 2.45) is 0 Å². The fourth-order valence-corrected chi connectivity index (χ4v) is 2.26. The smallest absolute Gasteiger partial charge is 0.0538 e. The van der Waals surface area contributed by atoms with E-state index in [4.69, 9.17) is 0 Å². The van der Waals surface area contributed by atoms with Crippen LogP contribution in [0.1, 0.15) is 35.2 Å². The van der Waals surface area contributed by atoms with Crippen molar-refractivity contribution in [3.63, 3.8) is 0 Å². The molecule has 0 aliphatic carbocycles. The molecule has 0 saturated carbocycles. The number of nitrogens with zero attached hydrogens (tertiary/aromatic N) is 2. The van der Waals surface area contributed by atoms with Crippen LogP contribution in [0, 0.1) is 13.8 Å². The van der Waals surface area contributed by atoms with Gasteiger partial charge in [-0.1, -0.05) is 30.3 Å². The average molecular weight is 255 g/mol. The number of aromatic nitrogens is 2. The Bertz CT molecular complexity index is 569. The molecule has 0 bridgehead atoms. The van der Waals surface area contributed by atoms with E-state index in [0.29, 0.717) is 6.04 Å². The first-order valence-corrected chi connectivity index (χ1v) is 6.56. The molecular weight excluding hydrogens is 234 g/mol. The largest absolute Gasteiger partial charge is 0.306 e. The lowest BCUT2D eigenvalue weighted by Gasteiger charge is -2.16. The Hall–Kier alpha value is -1.87. The van der Waals surface area contributed by atoms with Crippen molar-refractivity contribution in [2.75, 3.05) is 0 Å². The minimum atomic E-state index is 0.327. The van der Waals surface area contributed by atoms with Gasteiger partial charge in [-0.05, 0) is 31.9 Å². The van der Waals surface area contributed by atoms with E-state index in [-0.39, 0.29) is 0 Å². The van der Waals surface area contributed by atoms with Gasteiger partial charge in [0.1, 0.15) is 0 Å². The van der Waals surface area contributed by atoms with E-state index in [2.05, 4.69) is 56.0 Å². The molecule has 0 aliphatic heterocycles. The summed E-state index contributed by atoms with van der Waals surface area (Å²) in [6.45, 7) is 11.0. The molecule has 0 spiro atoms. The monoisotopic (exact) mass is 255 g/mol. The molecule has 100 valence electrons. The maximum Gasteiger partial charge on any atom is 0.0538 e. The summed E-state index contributed by atoms with van der Waals surface area (Å²) >= 11 is 0. The second kappa shape index (κ2) is 5.85. The maximum absolute atomic E-state index is 4.17. The molecular formula is C16H21N3. The highest BCUT2D eigenvalue weighted by Crippen LogP contribution is 2.18. The lowest BCUT2D eigenvalue weighted by Crippen LogP contribution is -2.18. The average Bonchev–Trinajstić information content (AvgIpc) is 2.84. The summed E-state index contributed by atoms with van der Waals surface area (Å²) in [6.07, 6.45) is 5.54. The highest BCUT2D eigenvalue weighted by Gasteiger charge is 2.08. The van der Waals surface area contributed by atoms with Crippen LogP contribution in [0.15, 0.2) is 37.2 Å². The molecule has 3 heteroatoms. The van der Waals surface area contributed by atoms with Crippen molar-refractivity contribution in [3.05, 3.63) is 59.4 Å². The molecule has 1 heterocycles. The fourth-order valence-electron chi connectivity index (χ4n) is 2.26. The zero-order valence-corrected chi connectivity index (χ0v) is 11.9. The predicted molar refractivity (Wildman–Crippen MR) is 79.8 cm³/mol. The first-order valence-electron chi connectivity index (χ1n) is 6.56. The summed E-state index contributed by atoms with van der Waals surface area (Å²) in [5.74, 6) is 0. The molecule has 0 amide bonds. The minimum Gasteiger partial charge on any atom is -0.306 e. The summed E-state index contributed by atoms with van der Waals surface area (Å²) in [5, 5.41) is 7.70. The fraction of sp³-hybridized carbons (Fsp3) is 0.312. The van der Waals surface area contributed by atoms with Gasteiger partial charge in [0, 0.05) is 30.5 Å². The van der Waals surface area contributed by atoms with Gasteiger partial charge in [-0.2, -0.15) is 5.10 Å². The molecule has 1 N–H and O–H groups in total. The number of rotatable bonds is 5. The second-order valence-electron chi connectivity index (χ2n) is 4.97. The van der Waals surface area contributed by atoms with Gasteiger partial charge in [-0.15, -0.1) is 0 Å². The summed E-state index contributed by atoms with van der Waals surface area (Å²) < 4.78 is 1.72. The quantitative estimate of drug-likeness (QED) is 0.886. The Morgan fingerprint density at radius 3 is 2.84 bits per heavy atom. The SMILES string of the molecule is C=Cn1cc(CNC(C)c2ccc(C)cc2C)cn1. The van der Waals surface area contributed by atoms with E-state index >= 15 is 0 Å². The third-order valence-electron chi connectivity index (χ3n) is 3.35. The van der Waals surface area contributed by atoms with Crippen molar-refractivity contribution in [3.8, 4) is 0 Å². The first kappa shape index (κ1) is 13.6. The zero-order valence-electron chi connectivity index (χ0n) is 11.9. The Morgan fingerprint density at radius 1 is 1.42 bits per heavy atom. The molecule has 2 aromatic rings. The van der Waals surface area contributed by atoms with Crippen molar-refractivity contribution in [2.45, 2.75) is 33.4 Å². The van der Waals surface area contributed by atoms with E-state index in [9.17, 15) is 0 Å². The Kier molecular flexibility index (Phi) is 4.17. The van der Waals surface area contributed by atoms with Gasteiger partial charge in [0.05, 0.1) is 6.20 Å². The van der Waals surface area contributed by atoms with Crippen LogP contribution in [0.3, 0.4) is 0 Å². The van der Waals surface area contributed by atoms with Gasteiger partial charge in [0.25, 0.3) is 0 Å². The van der Waals surface area contributed by atoms with Gasteiger partial charge in [-0.3, -0.25) is 0 Å². The highest BCUT2D eigenvalue weighted by molar-refractivity contribution is 5.32. The van der Waals surface area contributed by atoms with Crippen LogP contribution in [-0.4, -0.2) is 9.78 Å². The second-order valence-corrected chi connectivity index (χ2v) is 4.97. The summed E-state index contributed by atoms with van der Waals surface area (Å²) in [5.41, 5.74) is 5.15. The predicted octanol–water partition coefficient (Wildman–Crippen LogP) is 3.45. The lowest BCUT2D eigenvalue weighted by molar-refractivity contribution is 0.572. The molecule has 19 heavy (non-hydrogen) atoms. The van der Waals surface area contributed by atoms with Crippen LogP contribution < -0.4 is 5.32 Å². The van der Waals surface area contributed by atoms with E-state index in [0.717, 1.165) is 12.1 Å². The molecule has 0 aliphatic rings. The highest BCUT2D eigenvalue weighted by atomic mass is 15.2. The third kappa shape index (κ3) is 3.32. The van der Waals surface area contributed by atoms with Crippen molar-refractivity contribution < 1.29 is 0 Å². The molecule has 1 aromatic carbocycles. The van der Waals surface area contributed by atoms with Crippen LogP contribution >= 0.6 is 0 Å². The van der Waals surface area contributed by atoms with Gasteiger partial charge < -0.3 is 5.32 Å². The van der Waals surface area contributed by atoms with E-state index in [1.807, 2.05) is 12.4 Å². The topological polar surface area (TPSA) is 29.9 Å². The first-order chi connectivity index (χ1) is 9.10. The third-order valence-corrected chi connectivity index (χ3v) is 3.35. The van der Waals surface area contributed by atoms with Gasteiger partial charge in [-0.25, -0.2) is 4.68 Å². The number of hydrogen-bond acceptors (Lipinski definition) is 2. The van der Waals surface area contributed by atoms with E-state index in [1.165, 1.54) is 16.7 Å².